The minimum Gasteiger partial charge on any atom is -0.384 e. The highest BCUT2D eigenvalue weighted by atomic mass is 16.5. The van der Waals surface area contributed by atoms with Crippen molar-refractivity contribution in [3.05, 3.63) is 42.0 Å². The summed E-state index contributed by atoms with van der Waals surface area (Å²) < 4.78 is 5.32. The Balaban J connectivity index is 2.33. The number of methoxy groups -OCH3 is 1. The molecule has 0 radical (unpaired) electrons. The third-order valence-electron chi connectivity index (χ3n) is 3.42. The average Bonchev–Trinajstić information content (AvgIpc) is 2.45. The molecule has 0 saturated heterocycles. The van der Waals surface area contributed by atoms with Crippen molar-refractivity contribution in [2.45, 2.75) is 45.4 Å². The number of rotatable bonds is 10. The molecule has 1 heteroatoms. The van der Waals surface area contributed by atoms with Gasteiger partial charge in [0.25, 0.3) is 0 Å². The van der Waals surface area contributed by atoms with E-state index in [2.05, 4.69) is 49.4 Å². The lowest BCUT2D eigenvalue weighted by Crippen LogP contribution is -2.05. The number of ether oxygens (including phenoxy) is 1. The Hall–Kier alpha value is -1.08. The van der Waals surface area contributed by atoms with Crippen molar-refractivity contribution in [2.24, 2.45) is 5.92 Å². The van der Waals surface area contributed by atoms with E-state index in [-0.39, 0.29) is 0 Å². The fourth-order valence-corrected chi connectivity index (χ4v) is 2.27. The Labute approximate surface area is 118 Å². The monoisotopic (exact) mass is 260 g/mol. The van der Waals surface area contributed by atoms with Crippen LogP contribution in [0.1, 0.15) is 51.0 Å². The van der Waals surface area contributed by atoms with Crippen LogP contribution >= 0.6 is 0 Å². The maximum Gasteiger partial charge on any atom is 0.0525 e. The van der Waals surface area contributed by atoms with Gasteiger partial charge in [-0.25, -0.2) is 0 Å². The first-order chi connectivity index (χ1) is 9.36. The number of hydrogen-bond donors (Lipinski definition) is 0. The van der Waals surface area contributed by atoms with E-state index < -0.39 is 0 Å². The van der Waals surface area contributed by atoms with Crippen LogP contribution in [0.3, 0.4) is 0 Å². The predicted octanol–water partition coefficient (Wildman–Crippen LogP) is 5.32. The molecule has 1 aromatic carbocycles. The highest BCUT2D eigenvalue weighted by molar-refractivity contribution is 5.48. The molecule has 0 bridgehead atoms. The van der Waals surface area contributed by atoms with Crippen molar-refractivity contribution in [3.8, 4) is 0 Å². The molecular formula is C18H28O. The van der Waals surface area contributed by atoms with Crippen LogP contribution in [0.25, 0.3) is 6.08 Å². The van der Waals surface area contributed by atoms with Gasteiger partial charge in [-0.05, 0) is 12.0 Å². The van der Waals surface area contributed by atoms with Crippen molar-refractivity contribution in [3.63, 3.8) is 0 Å². The van der Waals surface area contributed by atoms with E-state index in [9.17, 15) is 0 Å². The molecule has 1 unspecified atom stereocenters. The average molecular weight is 260 g/mol. The second-order valence-corrected chi connectivity index (χ2v) is 5.19. The van der Waals surface area contributed by atoms with Gasteiger partial charge in [0.05, 0.1) is 6.61 Å². The lowest BCUT2D eigenvalue weighted by Gasteiger charge is -2.11. The van der Waals surface area contributed by atoms with Crippen LogP contribution in [0.2, 0.25) is 0 Å². The summed E-state index contributed by atoms with van der Waals surface area (Å²) in [5.41, 5.74) is 1.27. The Kier molecular flexibility index (Phi) is 9.09. The van der Waals surface area contributed by atoms with Gasteiger partial charge in [0.2, 0.25) is 0 Å². The van der Waals surface area contributed by atoms with E-state index in [1.165, 1.54) is 44.1 Å². The molecule has 0 amide bonds. The molecule has 1 nitrogen and oxygen atoms in total. The van der Waals surface area contributed by atoms with Crippen LogP contribution in [0.15, 0.2) is 36.4 Å². The fourth-order valence-electron chi connectivity index (χ4n) is 2.27. The second-order valence-electron chi connectivity index (χ2n) is 5.19. The van der Waals surface area contributed by atoms with Crippen LogP contribution in [0, 0.1) is 5.92 Å². The topological polar surface area (TPSA) is 9.23 Å². The van der Waals surface area contributed by atoms with Gasteiger partial charge in [0, 0.05) is 13.0 Å². The van der Waals surface area contributed by atoms with E-state index in [0.29, 0.717) is 5.92 Å². The lowest BCUT2D eigenvalue weighted by atomic mass is 9.99. The first-order valence-corrected chi connectivity index (χ1v) is 7.59. The number of unbranched alkanes of at least 4 members (excludes halogenated alkanes) is 4. The SMILES string of the molecule is CCCCCCCC(C=Cc1ccccc1)COC. The zero-order chi connectivity index (χ0) is 13.8. The van der Waals surface area contributed by atoms with Crippen molar-refractivity contribution in [1.82, 2.24) is 0 Å². The molecule has 0 saturated carbocycles. The Morgan fingerprint density at radius 3 is 2.47 bits per heavy atom. The van der Waals surface area contributed by atoms with Gasteiger partial charge in [-0.2, -0.15) is 0 Å². The minimum atomic E-state index is 0.548. The Bertz CT molecular complexity index is 329. The molecular weight excluding hydrogens is 232 g/mol. The maximum absolute atomic E-state index is 5.32. The molecule has 19 heavy (non-hydrogen) atoms. The van der Waals surface area contributed by atoms with E-state index in [4.69, 9.17) is 4.74 Å². The van der Waals surface area contributed by atoms with Crippen molar-refractivity contribution < 1.29 is 4.74 Å². The summed E-state index contributed by atoms with van der Waals surface area (Å²) in [7, 11) is 1.79. The maximum atomic E-state index is 5.32. The van der Waals surface area contributed by atoms with Gasteiger partial charge in [0.15, 0.2) is 0 Å². The highest BCUT2D eigenvalue weighted by Crippen LogP contribution is 2.15. The molecule has 1 rings (SSSR count). The summed E-state index contributed by atoms with van der Waals surface area (Å²) in [5, 5.41) is 0. The van der Waals surface area contributed by atoms with E-state index >= 15 is 0 Å². The van der Waals surface area contributed by atoms with Crippen LogP contribution in [-0.2, 0) is 4.74 Å². The van der Waals surface area contributed by atoms with Crippen molar-refractivity contribution >= 4 is 6.08 Å². The van der Waals surface area contributed by atoms with Crippen molar-refractivity contribution in [2.75, 3.05) is 13.7 Å². The Morgan fingerprint density at radius 2 is 1.79 bits per heavy atom. The Morgan fingerprint density at radius 1 is 1.05 bits per heavy atom. The molecule has 0 aliphatic rings. The standard InChI is InChI=1S/C18H28O/c1-3-4-5-6-8-13-18(16-19-2)15-14-17-11-9-7-10-12-17/h7,9-12,14-15,18H,3-6,8,13,16H2,1-2H3. The largest absolute Gasteiger partial charge is 0.384 e. The molecule has 0 heterocycles. The molecule has 106 valence electrons. The zero-order valence-electron chi connectivity index (χ0n) is 12.5. The molecule has 0 fully saturated rings. The molecule has 0 aliphatic heterocycles. The van der Waals surface area contributed by atoms with E-state index in [1.54, 1.807) is 7.11 Å². The summed E-state index contributed by atoms with van der Waals surface area (Å²) in [5.74, 6) is 0.548. The summed E-state index contributed by atoms with van der Waals surface area (Å²) in [6.45, 7) is 3.09. The van der Waals surface area contributed by atoms with Crippen LogP contribution in [0.4, 0.5) is 0 Å². The second kappa shape index (κ2) is 10.8. The highest BCUT2D eigenvalue weighted by Gasteiger charge is 2.04. The summed E-state index contributed by atoms with van der Waals surface area (Å²) in [4.78, 5) is 0. The molecule has 0 spiro atoms. The van der Waals surface area contributed by atoms with Gasteiger partial charge >= 0.3 is 0 Å². The van der Waals surface area contributed by atoms with Crippen LogP contribution in [0.5, 0.6) is 0 Å². The lowest BCUT2D eigenvalue weighted by molar-refractivity contribution is 0.165. The van der Waals surface area contributed by atoms with Gasteiger partial charge < -0.3 is 4.74 Å². The van der Waals surface area contributed by atoms with Crippen molar-refractivity contribution in [1.29, 1.82) is 0 Å². The first kappa shape index (κ1) is 16.0. The van der Waals surface area contributed by atoms with Crippen LogP contribution < -0.4 is 0 Å². The molecule has 1 aromatic rings. The zero-order valence-corrected chi connectivity index (χ0v) is 12.5. The molecule has 0 aromatic heterocycles. The molecule has 0 aliphatic carbocycles. The van der Waals surface area contributed by atoms with Gasteiger partial charge in [-0.15, -0.1) is 0 Å². The van der Waals surface area contributed by atoms with Gasteiger partial charge in [-0.3, -0.25) is 0 Å². The first-order valence-electron chi connectivity index (χ1n) is 7.59. The predicted molar refractivity (Wildman–Crippen MR) is 84.2 cm³/mol. The summed E-state index contributed by atoms with van der Waals surface area (Å²) in [6, 6.07) is 10.5. The molecule has 1 atom stereocenters. The quantitative estimate of drug-likeness (QED) is 0.517. The third-order valence-corrected chi connectivity index (χ3v) is 3.42. The number of benzene rings is 1. The fraction of sp³-hybridized carbons (Fsp3) is 0.556. The van der Waals surface area contributed by atoms with E-state index in [0.717, 1.165) is 6.61 Å². The van der Waals surface area contributed by atoms with Gasteiger partial charge in [0.1, 0.15) is 0 Å². The normalized spacial score (nSPS) is 12.9. The molecule has 0 N–H and O–H groups in total. The van der Waals surface area contributed by atoms with Crippen LogP contribution in [-0.4, -0.2) is 13.7 Å². The summed E-state index contributed by atoms with van der Waals surface area (Å²) >= 11 is 0. The third kappa shape index (κ3) is 7.84. The number of hydrogen-bond acceptors (Lipinski definition) is 1. The van der Waals surface area contributed by atoms with E-state index in [1.807, 2.05) is 0 Å². The van der Waals surface area contributed by atoms with Gasteiger partial charge in [-0.1, -0.05) is 81.5 Å². The summed E-state index contributed by atoms with van der Waals surface area (Å²) in [6.07, 6.45) is 12.5. The smallest absolute Gasteiger partial charge is 0.0525 e. The minimum absolute atomic E-state index is 0.548.